The number of likely N-dealkylation sites (N-methyl/N-ethyl adjacent to an activating group) is 1. The first-order chi connectivity index (χ1) is 13.9. The summed E-state index contributed by atoms with van der Waals surface area (Å²) in [6.07, 6.45) is 4.26. The van der Waals surface area contributed by atoms with Gasteiger partial charge in [0.25, 0.3) is 0 Å². The van der Waals surface area contributed by atoms with Gasteiger partial charge in [-0.15, -0.1) is 0 Å². The molecule has 0 saturated heterocycles. The minimum Gasteiger partial charge on any atom is -0.463 e. The first kappa shape index (κ1) is 17.7. The average molecular weight is 381 g/mol. The van der Waals surface area contributed by atoms with Crippen LogP contribution in [0.5, 0.6) is 5.75 Å². The highest BCUT2D eigenvalue weighted by molar-refractivity contribution is 6.09. The van der Waals surface area contributed by atoms with Crippen LogP contribution in [0.3, 0.4) is 0 Å². The summed E-state index contributed by atoms with van der Waals surface area (Å²) in [7, 11) is 2.07. The molecule has 3 heteroatoms. The zero-order chi connectivity index (χ0) is 20.2. The van der Waals surface area contributed by atoms with Gasteiger partial charge in [-0.25, -0.2) is 0 Å². The maximum absolute atomic E-state index is 12.9. The number of carbonyl (C=O) groups is 1. The number of hydrogen-bond donors (Lipinski definition) is 0. The number of anilines is 1. The fourth-order valence-electron chi connectivity index (χ4n) is 4.66. The lowest BCUT2D eigenvalue weighted by atomic mass is 9.76. The normalized spacial score (nSPS) is 20.9. The van der Waals surface area contributed by atoms with E-state index in [0.717, 1.165) is 11.3 Å². The van der Waals surface area contributed by atoms with Crippen molar-refractivity contribution in [2.45, 2.75) is 25.0 Å². The highest BCUT2D eigenvalue weighted by Crippen LogP contribution is 2.54. The van der Waals surface area contributed by atoms with Crippen LogP contribution < -0.4 is 9.64 Å². The Morgan fingerprint density at radius 3 is 2.38 bits per heavy atom. The Bertz CT molecular complexity index is 1150. The van der Waals surface area contributed by atoms with Crippen LogP contribution in [0.25, 0.3) is 6.08 Å². The van der Waals surface area contributed by atoms with Crippen molar-refractivity contribution in [3.8, 4) is 5.75 Å². The molecule has 2 heterocycles. The third-order valence-corrected chi connectivity index (χ3v) is 6.40. The minimum absolute atomic E-state index is 0.00271. The van der Waals surface area contributed by atoms with E-state index in [1.165, 1.54) is 11.3 Å². The number of fused-ring (bicyclic) bond motifs is 2. The Morgan fingerprint density at radius 2 is 1.62 bits per heavy atom. The number of ketones is 1. The van der Waals surface area contributed by atoms with Gasteiger partial charge in [0.05, 0.1) is 5.41 Å². The molecule has 0 saturated carbocycles. The second kappa shape index (κ2) is 6.08. The average Bonchev–Trinajstić information content (AvgIpc) is 2.92. The van der Waals surface area contributed by atoms with E-state index in [0.29, 0.717) is 11.1 Å². The van der Waals surface area contributed by atoms with E-state index in [9.17, 15) is 4.79 Å². The molecular weight excluding hydrogens is 358 g/mol. The van der Waals surface area contributed by atoms with Gasteiger partial charge in [-0.1, -0.05) is 60.7 Å². The summed E-state index contributed by atoms with van der Waals surface area (Å²) in [5.74, 6) is 0.741. The summed E-state index contributed by atoms with van der Waals surface area (Å²) in [4.78, 5) is 15.1. The molecule has 1 spiro atoms. The Balaban J connectivity index is 1.57. The third kappa shape index (κ3) is 2.40. The van der Waals surface area contributed by atoms with Crippen LogP contribution in [0, 0.1) is 0 Å². The number of nitrogens with zero attached hydrogens (tertiary/aromatic N) is 1. The zero-order valence-electron chi connectivity index (χ0n) is 16.8. The van der Waals surface area contributed by atoms with Crippen molar-refractivity contribution >= 4 is 17.5 Å². The van der Waals surface area contributed by atoms with Crippen molar-refractivity contribution in [1.29, 1.82) is 0 Å². The lowest BCUT2D eigenvalue weighted by Crippen LogP contribution is -2.58. The van der Waals surface area contributed by atoms with Crippen LogP contribution in [0.2, 0.25) is 0 Å². The van der Waals surface area contributed by atoms with Crippen LogP contribution >= 0.6 is 0 Å². The van der Waals surface area contributed by atoms with Crippen LogP contribution in [0.1, 0.15) is 40.9 Å². The van der Waals surface area contributed by atoms with Crippen molar-refractivity contribution in [1.82, 2.24) is 0 Å². The molecule has 0 radical (unpaired) electrons. The molecule has 0 fully saturated rings. The van der Waals surface area contributed by atoms with Gasteiger partial charge in [0, 0.05) is 29.4 Å². The molecular formula is C26H23NO2. The maximum atomic E-state index is 12.9. The second-order valence-electron chi connectivity index (χ2n) is 8.28. The van der Waals surface area contributed by atoms with Crippen LogP contribution in [-0.2, 0) is 5.41 Å². The minimum atomic E-state index is -0.641. The Hall–Kier alpha value is -3.33. The number of ether oxygens (including phenoxy) is 1. The van der Waals surface area contributed by atoms with Gasteiger partial charge in [-0.2, -0.15) is 0 Å². The molecule has 5 rings (SSSR count). The Kier molecular flexibility index (Phi) is 3.72. The van der Waals surface area contributed by atoms with Crippen molar-refractivity contribution in [2.75, 3.05) is 11.9 Å². The van der Waals surface area contributed by atoms with E-state index in [1.54, 1.807) is 0 Å². The first-order valence-corrected chi connectivity index (χ1v) is 9.89. The summed E-state index contributed by atoms with van der Waals surface area (Å²) in [6, 6.07) is 23.5. The maximum Gasteiger partial charge on any atom is 0.211 e. The quantitative estimate of drug-likeness (QED) is 0.553. The van der Waals surface area contributed by atoms with Gasteiger partial charge in [-0.3, -0.25) is 4.79 Å². The van der Waals surface area contributed by atoms with Crippen LogP contribution in [-0.4, -0.2) is 18.6 Å². The Morgan fingerprint density at radius 1 is 0.897 bits per heavy atom. The molecule has 3 aromatic rings. The number of benzene rings is 3. The van der Waals surface area contributed by atoms with Crippen LogP contribution in [0.4, 0.5) is 5.69 Å². The standard InChI is InChI=1S/C26H23NO2/c1-25(2)21-11-7-8-12-22(21)27(3)26(25)16-15-18-13-14-20(17-23(18)29-26)24(28)19-9-5-4-6-10-19/h4-17H,1-3H3. The lowest BCUT2D eigenvalue weighted by molar-refractivity contribution is 0.0580. The molecule has 144 valence electrons. The number of rotatable bonds is 2. The lowest BCUT2D eigenvalue weighted by Gasteiger charge is -2.45. The van der Waals surface area contributed by atoms with E-state index in [1.807, 2.05) is 48.5 Å². The molecule has 2 aliphatic rings. The molecule has 1 atom stereocenters. The number of hydrogen-bond acceptors (Lipinski definition) is 3. The van der Waals surface area contributed by atoms with Gasteiger partial charge in [0.2, 0.25) is 5.72 Å². The van der Waals surface area contributed by atoms with Crippen molar-refractivity contribution in [2.24, 2.45) is 0 Å². The third-order valence-electron chi connectivity index (χ3n) is 6.40. The molecule has 0 N–H and O–H groups in total. The molecule has 3 nitrogen and oxygen atoms in total. The summed E-state index contributed by atoms with van der Waals surface area (Å²) in [5.41, 5.74) is 3.83. The van der Waals surface area contributed by atoms with Gasteiger partial charge >= 0.3 is 0 Å². The topological polar surface area (TPSA) is 29.5 Å². The molecule has 2 aliphatic heterocycles. The summed E-state index contributed by atoms with van der Waals surface area (Å²) in [6.45, 7) is 4.42. The number of carbonyl (C=O) groups excluding carboxylic acids is 1. The molecule has 0 bridgehead atoms. The van der Waals surface area contributed by atoms with Gasteiger partial charge in [0.15, 0.2) is 5.78 Å². The molecule has 0 aromatic heterocycles. The predicted octanol–water partition coefficient (Wildman–Crippen LogP) is 5.45. The van der Waals surface area contributed by atoms with E-state index in [-0.39, 0.29) is 11.2 Å². The van der Waals surface area contributed by atoms with E-state index in [4.69, 9.17) is 4.74 Å². The monoisotopic (exact) mass is 381 g/mol. The van der Waals surface area contributed by atoms with Gasteiger partial charge in [0.1, 0.15) is 5.75 Å². The van der Waals surface area contributed by atoms with Crippen molar-refractivity contribution < 1.29 is 9.53 Å². The van der Waals surface area contributed by atoms with E-state index < -0.39 is 5.72 Å². The highest BCUT2D eigenvalue weighted by atomic mass is 16.5. The van der Waals surface area contributed by atoms with Crippen molar-refractivity contribution in [3.63, 3.8) is 0 Å². The second-order valence-corrected chi connectivity index (χ2v) is 8.28. The molecule has 3 aromatic carbocycles. The van der Waals surface area contributed by atoms with Crippen molar-refractivity contribution in [3.05, 3.63) is 101 Å². The number of para-hydroxylation sites is 1. The van der Waals surface area contributed by atoms with Gasteiger partial charge < -0.3 is 9.64 Å². The molecule has 0 aliphatic carbocycles. The largest absolute Gasteiger partial charge is 0.463 e. The summed E-state index contributed by atoms with van der Waals surface area (Å²) < 4.78 is 6.70. The summed E-state index contributed by atoms with van der Waals surface area (Å²) in [5, 5.41) is 0. The fraction of sp³-hybridized carbons (Fsp3) is 0.192. The molecule has 29 heavy (non-hydrogen) atoms. The zero-order valence-corrected chi connectivity index (χ0v) is 16.8. The first-order valence-electron chi connectivity index (χ1n) is 9.89. The fourth-order valence-corrected chi connectivity index (χ4v) is 4.66. The van der Waals surface area contributed by atoms with Crippen LogP contribution in [0.15, 0.2) is 78.9 Å². The van der Waals surface area contributed by atoms with Gasteiger partial charge in [-0.05, 0) is 43.7 Å². The SMILES string of the molecule is CN1c2ccccc2C(C)(C)C12C=Cc1ccc(C(=O)c3ccccc3)cc1O2. The molecule has 0 amide bonds. The highest BCUT2D eigenvalue weighted by Gasteiger charge is 2.57. The Labute approximate surface area is 171 Å². The predicted molar refractivity (Wildman–Crippen MR) is 117 cm³/mol. The molecule has 1 unspecified atom stereocenters. The summed E-state index contributed by atoms with van der Waals surface area (Å²) >= 11 is 0. The van der Waals surface area contributed by atoms with E-state index >= 15 is 0 Å². The van der Waals surface area contributed by atoms with E-state index in [2.05, 4.69) is 62.2 Å². The smallest absolute Gasteiger partial charge is 0.211 e.